The Bertz CT molecular complexity index is 520. The Morgan fingerprint density at radius 1 is 1.06 bits per heavy atom. The highest BCUT2D eigenvalue weighted by Crippen LogP contribution is 2.32. The molecule has 1 aromatic heterocycles. The van der Waals surface area contributed by atoms with Gasteiger partial charge in [-0.2, -0.15) is 0 Å². The van der Waals surface area contributed by atoms with E-state index < -0.39 is 0 Å². The third kappa shape index (κ3) is 2.04. The molecule has 0 radical (unpaired) electrons. The molecule has 0 saturated heterocycles. The van der Waals surface area contributed by atoms with Gasteiger partial charge in [0.05, 0.1) is 0 Å². The molecule has 0 fully saturated rings. The van der Waals surface area contributed by atoms with Crippen molar-refractivity contribution in [2.24, 2.45) is 5.73 Å². The van der Waals surface area contributed by atoms with Crippen LogP contribution in [-0.4, -0.2) is 20.3 Å². The topological polar surface area (TPSA) is 56.7 Å². The summed E-state index contributed by atoms with van der Waals surface area (Å²) in [5.74, 6) is 0.876. The molecule has 18 heavy (non-hydrogen) atoms. The van der Waals surface area contributed by atoms with E-state index in [4.69, 9.17) is 5.73 Å². The Morgan fingerprint density at radius 3 is 2.22 bits per heavy atom. The molecule has 0 aliphatic rings. The number of nitrogens with two attached hydrogens (primary N) is 1. The summed E-state index contributed by atoms with van der Waals surface area (Å²) in [6.07, 6.45) is 1.73. The number of nitrogens with zero attached hydrogens (tertiary/aromatic N) is 3. The summed E-state index contributed by atoms with van der Waals surface area (Å²) >= 11 is 0. The zero-order valence-corrected chi connectivity index (χ0v) is 11.4. The first-order chi connectivity index (χ1) is 8.34. The largest absolute Gasteiger partial charge is 0.325 e. The second kappa shape index (κ2) is 4.21. The van der Waals surface area contributed by atoms with Crippen molar-refractivity contribution < 1.29 is 0 Å². The lowest BCUT2D eigenvalue weighted by Crippen LogP contribution is -2.51. The fourth-order valence-electron chi connectivity index (χ4n) is 1.73. The Hall–Kier alpha value is -1.68. The van der Waals surface area contributed by atoms with Crippen molar-refractivity contribution in [2.45, 2.75) is 38.6 Å². The molecule has 0 bridgehead atoms. The van der Waals surface area contributed by atoms with Crippen LogP contribution in [0.2, 0.25) is 0 Å². The van der Waals surface area contributed by atoms with Crippen molar-refractivity contribution in [3.8, 4) is 5.69 Å². The number of para-hydroxylation sites is 1. The van der Waals surface area contributed by atoms with E-state index in [1.165, 1.54) is 0 Å². The molecule has 0 aliphatic heterocycles. The van der Waals surface area contributed by atoms with Gasteiger partial charge in [-0.1, -0.05) is 32.0 Å². The molecular formula is C14H20N4. The van der Waals surface area contributed by atoms with E-state index in [0.717, 1.165) is 11.5 Å². The van der Waals surface area contributed by atoms with E-state index in [0.29, 0.717) is 0 Å². The molecule has 96 valence electrons. The molecule has 1 heterocycles. The molecule has 2 aromatic rings. The summed E-state index contributed by atoms with van der Waals surface area (Å²) in [7, 11) is 0. The summed E-state index contributed by atoms with van der Waals surface area (Å²) in [6.45, 7) is 8.21. The van der Waals surface area contributed by atoms with E-state index in [1.807, 2.05) is 48.7 Å². The third-order valence-corrected chi connectivity index (χ3v) is 3.75. The van der Waals surface area contributed by atoms with Crippen LogP contribution < -0.4 is 5.73 Å². The van der Waals surface area contributed by atoms with Crippen LogP contribution in [0.1, 0.15) is 33.5 Å². The van der Waals surface area contributed by atoms with Gasteiger partial charge in [0.2, 0.25) is 0 Å². The van der Waals surface area contributed by atoms with Gasteiger partial charge in [-0.15, -0.1) is 10.2 Å². The quantitative estimate of drug-likeness (QED) is 0.901. The minimum absolute atomic E-state index is 0.278. The van der Waals surface area contributed by atoms with Gasteiger partial charge in [0, 0.05) is 16.6 Å². The Morgan fingerprint density at radius 2 is 1.67 bits per heavy atom. The lowest BCUT2D eigenvalue weighted by atomic mass is 9.74. The maximum Gasteiger partial charge on any atom is 0.144 e. The highest BCUT2D eigenvalue weighted by atomic mass is 15.3. The van der Waals surface area contributed by atoms with Gasteiger partial charge in [-0.05, 0) is 26.0 Å². The molecule has 0 spiro atoms. The average Bonchev–Trinajstić information content (AvgIpc) is 2.78. The summed E-state index contributed by atoms with van der Waals surface area (Å²) in [6, 6.07) is 10.1. The molecule has 2 N–H and O–H groups in total. The third-order valence-electron chi connectivity index (χ3n) is 3.75. The van der Waals surface area contributed by atoms with E-state index in [-0.39, 0.29) is 11.0 Å². The lowest BCUT2D eigenvalue weighted by Gasteiger charge is -2.37. The predicted molar refractivity (Wildman–Crippen MR) is 72.7 cm³/mol. The first-order valence-corrected chi connectivity index (χ1v) is 6.09. The van der Waals surface area contributed by atoms with Gasteiger partial charge >= 0.3 is 0 Å². The van der Waals surface area contributed by atoms with Crippen molar-refractivity contribution in [3.63, 3.8) is 0 Å². The number of hydrogen-bond acceptors (Lipinski definition) is 3. The molecule has 0 unspecified atom stereocenters. The zero-order chi connectivity index (χ0) is 13.4. The van der Waals surface area contributed by atoms with Crippen LogP contribution in [0.4, 0.5) is 0 Å². The van der Waals surface area contributed by atoms with Crippen LogP contribution in [-0.2, 0) is 5.41 Å². The summed E-state index contributed by atoms with van der Waals surface area (Å²) in [5, 5.41) is 8.30. The van der Waals surface area contributed by atoms with Gasteiger partial charge < -0.3 is 5.73 Å². The normalized spacial score (nSPS) is 12.7. The molecule has 0 atom stereocenters. The molecule has 4 heteroatoms. The number of benzene rings is 1. The van der Waals surface area contributed by atoms with E-state index in [1.54, 1.807) is 6.33 Å². The fourth-order valence-corrected chi connectivity index (χ4v) is 1.73. The van der Waals surface area contributed by atoms with Crippen LogP contribution in [0.3, 0.4) is 0 Å². The molecule has 2 rings (SSSR count). The van der Waals surface area contributed by atoms with Gasteiger partial charge in [-0.3, -0.25) is 4.57 Å². The highest BCUT2D eigenvalue weighted by Gasteiger charge is 2.39. The monoisotopic (exact) mass is 244 g/mol. The van der Waals surface area contributed by atoms with Crippen LogP contribution in [0.5, 0.6) is 0 Å². The van der Waals surface area contributed by atoms with Crippen LogP contribution >= 0.6 is 0 Å². The lowest BCUT2D eigenvalue weighted by molar-refractivity contribution is 0.287. The molecule has 0 saturated carbocycles. The Balaban J connectivity index is 2.53. The summed E-state index contributed by atoms with van der Waals surface area (Å²) < 4.78 is 1.99. The molecule has 0 amide bonds. The van der Waals surface area contributed by atoms with Crippen molar-refractivity contribution in [1.29, 1.82) is 0 Å². The number of rotatable bonds is 3. The second-order valence-corrected chi connectivity index (χ2v) is 5.71. The molecule has 4 nitrogen and oxygen atoms in total. The standard InChI is InChI=1S/C14H20N4/c1-13(2,14(3,4)15)12-17-16-10-18(12)11-8-6-5-7-9-11/h5-10H,15H2,1-4H3. The van der Waals surface area contributed by atoms with E-state index in [9.17, 15) is 0 Å². The first-order valence-electron chi connectivity index (χ1n) is 6.09. The number of aromatic nitrogens is 3. The van der Waals surface area contributed by atoms with Crippen LogP contribution in [0.25, 0.3) is 5.69 Å². The first kappa shape index (κ1) is 12.8. The maximum atomic E-state index is 6.27. The van der Waals surface area contributed by atoms with Gasteiger partial charge in [0.25, 0.3) is 0 Å². The molecule has 0 aliphatic carbocycles. The van der Waals surface area contributed by atoms with Gasteiger partial charge in [-0.25, -0.2) is 0 Å². The van der Waals surface area contributed by atoms with E-state index in [2.05, 4.69) is 24.0 Å². The summed E-state index contributed by atoms with van der Waals surface area (Å²) in [4.78, 5) is 0. The van der Waals surface area contributed by atoms with Crippen molar-refractivity contribution in [3.05, 3.63) is 42.5 Å². The maximum absolute atomic E-state index is 6.27. The average molecular weight is 244 g/mol. The Kier molecular flexibility index (Phi) is 2.99. The SMILES string of the molecule is CC(C)(N)C(C)(C)c1nncn1-c1ccccc1. The zero-order valence-electron chi connectivity index (χ0n) is 11.4. The van der Waals surface area contributed by atoms with Crippen LogP contribution in [0.15, 0.2) is 36.7 Å². The van der Waals surface area contributed by atoms with Crippen molar-refractivity contribution in [1.82, 2.24) is 14.8 Å². The van der Waals surface area contributed by atoms with Gasteiger partial charge in [0.15, 0.2) is 0 Å². The minimum Gasteiger partial charge on any atom is -0.325 e. The Labute approximate surface area is 108 Å². The van der Waals surface area contributed by atoms with Gasteiger partial charge in [0.1, 0.15) is 12.2 Å². The molecule has 1 aromatic carbocycles. The predicted octanol–water partition coefficient (Wildman–Crippen LogP) is 2.28. The smallest absolute Gasteiger partial charge is 0.144 e. The summed E-state index contributed by atoms with van der Waals surface area (Å²) in [5.41, 5.74) is 6.66. The number of hydrogen-bond donors (Lipinski definition) is 1. The van der Waals surface area contributed by atoms with Crippen LogP contribution in [0, 0.1) is 0 Å². The molecular weight excluding hydrogens is 224 g/mol. The highest BCUT2D eigenvalue weighted by molar-refractivity contribution is 5.34. The van der Waals surface area contributed by atoms with E-state index >= 15 is 0 Å². The minimum atomic E-state index is -0.382. The fraction of sp³-hybridized carbons (Fsp3) is 0.429. The van der Waals surface area contributed by atoms with Crippen molar-refractivity contribution >= 4 is 0 Å². The second-order valence-electron chi connectivity index (χ2n) is 5.71. The van der Waals surface area contributed by atoms with Crippen molar-refractivity contribution in [2.75, 3.05) is 0 Å².